The number of anilines is 1. The molecular weight excluding hydrogens is 454 g/mol. The molecule has 194 valence electrons. The number of carbonyl (C=O) groups excluding carboxylic acids is 2. The van der Waals surface area contributed by atoms with Crippen molar-refractivity contribution in [2.24, 2.45) is 11.8 Å². The summed E-state index contributed by atoms with van der Waals surface area (Å²) in [5.41, 5.74) is 2.33. The average Bonchev–Trinajstić information content (AvgIpc) is 3.66. The van der Waals surface area contributed by atoms with E-state index in [0.29, 0.717) is 18.0 Å². The van der Waals surface area contributed by atoms with Gasteiger partial charge in [0.25, 0.3) is 0 Å². The van der Waals surface area contributed by atoms with Gasteiger partial charge in [0, 0.05) is 36.8 Å². The molecule has 1 fully saturated rings. The van der Waals surface area contributed by atoms with Crippen LogP contribution in [0.2, 0.25) is 0 Å². The van der Waals surface area contributed by atoms with Gasteiger partial charge in [0.1, 0.15) is 11.9 Å². The van der Waals surface area contributed by atoms with Crippen molar-refractivity contribution in [3.63, 3.8) is 0 Å². The highest BCUT2D eigenvalue weighted by Crippen LogP contribution is 2.31. The lowest BCUT2D eigenvalue weighted by molar-refractivity contribution is -0.134. The van der Waals surface area contributed by atoms with Crippen molar-refractivity contribution in [2.75, 3.05) is 38.6 Å². The molecular formula is C29H39N3O4. The molecule has 0 saturated heterocycles. The molecule has 0 radical (unpaired) electrons. The maximum Gasteiger partial charge on any atom is 0.228 e. The van der Waals surface area contributed by atoms with Crippen molar-refractivity contribution >= 4 is 17.5 Å². The average molecular weight is 494 g/mol. The van der Waals surface area contributed by atoms with Gasteiger partial charge in [0.2, 0.25) is 11.8 Å². The number of carbonyl (C=O) groups is 2. The third-order valence-electron chi connectivity index (χ3n) is 7.17. The second-order valence-corrected chi connectivity index (χ2v) is 10.6. The predicted molar refractivity (Wildman–Crippen MR) is 141 cm³/mol. The summed E-state index contributed by atoms with van der Waals surface area (Å²) >= 11 is 0. The van der Waals surface area contributed by atoms with E-state index in [9.17, 15) is 14.7 Å². The van der Waals surface area contributed by atoms with Gasteiger partial charge >= 0.3 is 0 Å². The minimum Gasteiger partial charge on any atom is -0.488 e. The van der Waals surface area contributed by atoms with Crippen LogP contribution in [-0.2, 0) is 22.4 Å². The summed E-state index contributed by atoms with van der Waals surface area (Å²) in [6.45, 7) is 6.25. The molecule has 2 N–H and O–H groups in total. The number of nitrogens with one attached hydrogen (secondary N) is 1. The molecule has 4 rings (SSSR count). The number of likely N-dealkylation sites (N-methyl/N-ethyl adjacent to an activating group) is 1. The quantitative estimate of drug-likeness (QED) is 0.560. The van der Waals surface area contributed by atoms with Gasteiger partial charge in [-0.25, -0.2) is 0 Å². The number of aliphatic hydroxyl groups is 1. The maximum absolute atomic E-state index is 13.3. The predicted octanol–water partition coefficient (Wildman–Crippen LogP) is 3.36. The summed E-state index contributed by atoms with van der Waals surface area (Å²) < 4.78 is 6.57. The topological polar surface area (TPSA) is 82.1 Å². The van der Waals surface area contributed by atoms with E-state index in [1.807, 2.05) is 55.5 Å². The van der Waals surface area contributed by atoms with Gasteiger partial charge in [-0.2, -0.15) is 0 Å². The van der Waals surface area contributed by atoms with Gasteiger partial charge in [0.05, 0.1) is 25.5 Å². The summed E-state index contributed by atoms with van der Waals surface area (Å²) in [7, 11) is 2.13. The van der Waals surface area contributed by atoms with E-state index in [1.54, 1.807) is 4.90 Å². The van der Waals surface area contributed by atoms with Gasteiger partial charge in [-0.1, -0.05) is 37.3 Å². The highest BCUT2D eigenvalue weighted by atomic mass is 16.5. The van der Waals surface area contributed by atoms with Crippen LogP contribution in [0, 0.1) is 11.8 Å². The van der Waals surface area contributed by atoms with Crippen molar-refractivity contribution in [1.29, 1.82) is 0 Å². The van der Waals surface area contributed by atoms with Gasteiger partial charge in [0.15, 0.2) is 0 Å². The largest absolute Gasteiger partial charge is 0.488 e. The normalized spacial score (nSPS) is 21.1. The van der Waals surface area contributed by atoms with Crippen LogP contribution in [0.25, 0.3) is 0 Å². The summed E-state index contributed by atoms with van der Waals surface area (Å²) in [4.78, 5) is 30.1. The van der Waals surface area contributed by atoms with Gasteiger partial charge < -0.3 is 25.0 Å². The summed E-state index contributed by atoms with van der Waals surface area (Å²) in [5.74, 6) is 1.39. The molecule has 0 aromatic heterocycles. The Morgan fingerprint density at radius 1 is 1.19 bits per heavy atom. The molecule has 1 saturated carbocycles. The van der Waals surface area contributed by atoms with Gasteiger partial charge in [-0.15, -0.1) is 0 Å². The number of hydrogen-bond donors (Lipinski definition) is 2. The fraction of sp³-hybridized carbons (Fsp3) is 0.517. The molecule has 1 aliphatic carbocycles. The Labute approximate surface area is 214 Å². The summed E-state index contributed by atoms with van der Waals surface area (Å²) in [6.07, 6.45) is 2.92. The molecule has 2 amide bonds. The smallest absolute Gasteiger partial charge is 0.228 e. The maximum atomic E-state index is 13.3. The molecule has 7 nitrogen and oxygen atoms in total. The van der Waals surface area contributed by atoms with Gasteiger partial charge in [-0.05, 0) is 56.5 Å². The molecule has 1 heterocycles. The van der Waals surface area contributed by atoms with E-state index in [0.717, 1.165) is 30.1 Å². The van der Waals surface area contributed by atoms with Gasteiger partial charge in [-0.3, -0.25) is 9.59 Å². The molecule has 36 heavy (non-hydrogen) atoms. The number of aliphatic hydroxyl groups excluding tert-OH is 1. The first-order valence-electron chi connectivity index (χ1n) is 13.0. The molecule has 7 heteroatoms. The Morgan fingerprint density at radius 3 is 2.64 bits per heavy atom. The Hall–Kier alpha value is -2.90. The Kier molecular flexibility index (Phi) is 8.64. The highest BCUT2D eigenvalue weighted by molar-refractivity contribution is 5.92. The lowest BCUT2D eigenvalue weighted by Gasteiger charge is -2.34. The Morgan fingerprint density at radius 2 is 1.94 bits per heavy atom. The van der Waals surface area contributed by atoms with Crippen molar-refractivity contribution in [3.8, 4) is 5.75 Å². The zero-order valence-corrected chi connectivity index (χ0v) is 21.7. The number of ether oxygens (including phenoxy) is 1. The fourth-order valence-electron chi connectivity index (χ4n) is 4.83. The molecule has 0 spiro atoms. The highest BCUT2D eigenvalue weighted by Gasteiger charge is 2.32. The van der Waals surface area contributed by atoms with E-state index in [-0.39, 0.29) is 49.3 Å². The number of hydrogen-bond acceptors (Lipinski definition) is 5. The zero-order chi connectivity index (χ0) is 25.7. The molecule has 2 aromatic carbocycles. The monoisotopic (exact) mass is 493 g/mol. The first-order valence-corrected chi connectivity index (χ1v) is 13.0. The van der Waals surface area contributed by atoms with Crippen LogP contribution in [0.3, 0.4) is 0 Å². The lowest BCUT2D eigenvalue weighted by atomic mass is 10.0. The summed E-state index contributed by atoms with van der Waals surface area (Å²) in [5, 5.41) is 12.8. The first-order chi connectivity index (χ1) is 17.3. The van der Waals surface area contributed by atoms with E-state index >= 15 is 0 Å². The van der Waals surface area contributed by atoms with Crippen molar-refractivity contribution in [1.82, 2.24) is 9.80 Å². The van der Waals surface area contributed by atoms with Crippen LogP contribution in [0.15, 0.2) is 48.5 Å². The van der Waals surface area contributed by atoms with E-state index in [2.05, 4.69) is 24.2 Å². The van der Waals surface area contributed by atoms with Crippen molar-refractivity contribution in [3.05, 3.63) is 59.7 Å². The van der Waals surface area contributed by atoms with Crippen molar-refractivity contribution < 1.29 is 19.4 Å². The van der Waals surface area contributed by atoms with Crippen molar-refractivity contribution in [2.45, 2.75) is 51.7 Å². The molecule has 2 aliphatic rings. The Bertz CT molecular complexity index is 1040. The van der Waals surface area contributed by atoms with Crippen LogP contribution in [0.5, 0.6) is 5.75 Å². The van der Waals surface area contributed by atoms with Crippen LogP contribution >= 0.6 is 0 Å². The number of fused-ring (bicyclic) bond motifs is 1. The van der Waals surface area contributed by atoms with Crippen LogP contribution in [-0.4, -0.2) is 72.2 Å². The molecule has 1 aliphatic heterocycles. The first kappa shape index (κ1) is 26.2. The van der Waals surface area contributed by atoms with E-state index < -0.39 is 0 Å². The number of rotatable bonds is 9. The van der Waals surface area contributed by atoms with Crippen LogP contribution in [0.1, 0.15) is 37.8 Å². The molecule has 2 aromatic rings. The minimum atomic E-state index is -0.278. The molecule has 0 unspecified atom stereocenters. The lowest BCUT2D eigenvalue weighted by Crippen LogP contribution is -2.47. The number of benzene rings is 2. The second kappa shape index (κ2) is 11.9. The number of amides is 2. The molecule has 0 bridgehead atoms. The Balaban J connectivity index is 1.55. The minimum absolute atomic E-state index is 0.0482. The zero-order valence-electron chi connectivity index (χ0n) is 21.7. The second-order valence-electron chi connectivity index (χ2n) is 10.6. The van der Waals surface area contributed by atoms with Crippen LogP contribution in [0.4, 0.5) is 5.69 Å². The fourth-order valence-corrected chi connectivity index (χ4v) is 4.83. The standard InChI is InChI=1S/C29H39N3O4/c1-20-16-32(21(2)19-33)29(35)15-24-14-25(30-28(34)13-22-7-5-4-6-8-22)11-12-26(24)36-27(20)18-31(3)17-23-9-10-23/h4-8,11-12,14,20-21,23,27,33H,9-10,13,15-19H2,1-3H3,(H,30,34)/t20-,21-,27+/m1/s1. The van der Waals surface area contributed by atoms with E-state index in [1.165, 1.54) is 12.8 Å². The van der Waals surface area contributed by atoms with E-state index in [4.69, 9.17) is 4.74 Å². The SMILES string of the molecule is C[C@@H]1CN([C@H](C)CO)C(=O)Cc2cc(NC(=O)Cc3ccccc3)ccc2O[C@H]1CN(C)CC1CC1. The molecule has 3 atom stereocenters. The third kappa shape index (κ3) is 7.08. The summed E-state index contributed by atoms with van der Waals surface area (Å²) in [6, 6.07) is 14.9. The third-order valence-corrected chi connectivity index (χ3v) is 7.17. The number of nitrogens with zero attached hydrogens (tertiary/aromatic N) is 2. The van der Waals surface area contributed by atoms with Crippen LogP contribution < -0.4 is 10.1 Å².